The van der Waals surface area contributed by atoms with Gasteiger partial charge in [-0.1, -0.05) is 19.1 Å². The highest BCUT2D eigenvalue weighted by Gasteiger charge is 2.02. The molecule has 0 aromatic heterocycles. The van der Waals surface area contributed by atoms with E-state index in [0.717, 1.165) is 38.6 Å². The van der Waals surface area contributed by atoms with Gasteiger partial charge in [-0.2, -0.15) is 12.6 Å². The summed E-state index contributed by atoms with van der Waals surface area (Å²) in [6.07, 6.45) is 0. The van der Waals surface area contributed by atoms with Crippen LogP contribution in [0.1, 0.15) is 13.8 Å². The lowest BCUT2D eigenvalue weighted by atomic mass is 10.3. The van der Waals surface area contributed by atoms with Crippen molar-refractivity contribution in [3.63, 3.8) is 0 Å². The fraction of sp³-hybridized carbons (Fsp3) is 0.800. The summed E-state index contributed by atoms with van der Waals surface area (Å²) >= 11 is 4.18. The second kappa shape index (κ2) is 8.60. The highest BCUT2D eigenvalue weighted by Crippen LogP contribution is 1.98. The Hall–Kier alpha value is 0.01000. The van der Waals surface area contributed by atoms with Crippen molar-refractivity contribution >= 4 is 12.6 Å². The Labute approximate surface area is 87.4 Å². The smallest absolute Gasteiger partial charge is 0.0593 e. The predicted molar refractivity (Wildman–Crippen MR) is 61.6 cm³/mol. The topological polar surface area (TPSA) is 12.5 Å². The van der Waals surface area contributed by atoms with E-state index in [1.165, 1.54) is 5.57 Å². The summed E-state index contributed by atoms with van der Waals surface area (Å²) in [5, 5.41) is 0. The molecule has 0 aliphatic rings. The second-order valence-electron chi connectivity index (χ2n) is 2.97. The highest BCUT2D eigenvalue weighted by molar-refractivity contribution is 7.80. The molecule has 0 N–H and O–H groups in total. The normalized spacial score (nSPS) is 10.8. The molecule has 0 aliphatic carbocycles. The number of ether oxygens (including phenoxy) is 1. The minimum atomic E-state index is 0.769. The quantitative estimate of drug-likeness (QED) is 0.367. The lowest BCUT2D eigenvalue weighted by Crippen LogP contribution is -2.29. The van der Waals surface area contributed by atoms with Crippen LogP contribution in [0.2, 0.25) is 0 Å². The van der Waals surface area contributed by atoms with E-state index in [2.05, 4.69) is 31.0 Å². The predicted octanol–water partition coefficient (Wildman–Crippen LogP) is 1.83. The third-order valence-electron chi connectivity index (χ3n) is 1.87. The Morgan fingerprint density at radius 1 is 1.46 bits per heavy atom. The van der Waals surface area contributed by atoms with Crippen molar-refractivity contribution in [1.29, 1.82) is 0 Å². The summed E-state index contributed by atoms with van der Waals surface area (Å²) in [5.41, 5.74) is 1.17. The van der Waals surface area contributed by atoms with E-state index in [-0.39, 0.29) is 0 Å². The first-order chi connectivity index (χ1) is 6.24. The lowest BCUT2D eigenvalue weighted by Gasteiger charge is -2.20. The van der Waals surface area contributed by atoms with Crippen molar-refractivity contribution < 1.29 is 4.74 Å². The third-order valence-corrected chi connectivity index (χ3v) is 2.32. The van der Waals surface area contributed by atoms with E-state index in [4.69, 9.17) is 4.74 Å². The van der Waals surface area contributed by atoms with E-state index in [1.807, 2.05) is 6.92 Å². The molecule has 0 saturated heterocycles. The van der Waals surface area contributed by atoms with E-state index < -0.39 is 0 Å². The molecule has 0 bridgehead atoms. The molecule has 0 radical (unpaired) electrons. The van der Waals surface area contributed by atoms with Gasteiger partial charge in [0.2, 0.25) is 0 Å². The molecule has 0 spiro atoms. The number of rotatable bonds is 8. The van der Waals surface area contributed by atoms with Gasteiger partial charge in [0.05, 0.1) is 6.61 Å². The lowest BCUT2D eigenvalue weighted by molar-refractivity contribution is 0.118. The zero-order chi connectivity index (χ0) is 10.1. The highest BCUT2D eigenvalue weighted by atomic mass is 32.1. The zero-order valence-electron chi connectivity index (χ0n) is 8.75. The van der Waals surface area contributed by atoms with Crippen LogP contribution in [0.4, 0.5) is 0 Å². The molecule has 78 valence electrons. The third kappa shape index (κ3) is 7.11. The summed E-state index contributed by atoms with van der Waals surface area (Å²) < 4.78 is 5.29. The fourth-order valence-corrected chi connectivity index (χ4v) is 1.15. The van der Waals surface area contributed by atoms with Gasteiger partial charge in [-0.05, 0) is 13.5 Å². The van der Waals surface area contributed by atoms with Gasteiger partial charge in [0, 0.05) is 25.4 Å². The van der Waals surface area contributed by atoms with Gasteiger partial charge in [0.1, 0.15) is 0 Å². The maximum Gasteiger partial charge on any atom is 0.0593 e. The number of hydrogen-bond acceptors (Lipinski definition) is 3. The SMILES string of the molecule is C=C(CS)CN(CC)CCOCC. The Balaban J connectivity index is 3.56. The Morgan fingerprint density at radius 2 is 2.15 bits per heavy atom. The van der Waals surface area contributed by atoms with Crippen LogP contribution in [0.15, 0.2) is 12.2 Å². The van der Waals surface area contributed by atoms with Gasteiger partial charge in [-0.15, -0.1) is 0 Å². The fourth-order valence-electron chi connectivity index (χ4n) is 1.05. The van der Waals surface area contributed by atoms with Crippen LogP contribution < -0.4 is 0 Å². The zero-order valence-corrected chi connectivity index (χ0v) is 9.65. The molecular weight excluding hydrogens is 182 g/mol. The van der Waals surface area contributed by atoms with Gasteiger partial charge in [0.25, 0.3) is 0 Å². The molecule has 0 atom stereocenters. The summed E-state index contributed by atoms with van der Waals surface area (Å²) in [6, 6.07) is 0. The molecule has 0 aromatic rings. The number of thiol groups is 1. The van der Waals surface area contributed by atoms with Gasteiger partial charge < -0.3 is 4.74 Å². The minimum Gasteiger partial charge on any atom is -0.380 e. The minimum absolute atomic E-state index is 0.769. The van der Waals surface area contributed by atoms with Gasteiger partial charge in [0.15, 0.2) is 0 Å². The maximum absolute atomic E-state index is 5.29. The molecule has 0 rings (SSSR count). The van der Waals surface area contributed by atoms with Crippen molar-refractivity contribution in [1.82, 2.24) is 4.90 Å². The van der Waals surface area contributed by atoms with Crippen LogP contribution in [-0.4, -0.2) is 43.5 Å². The van der Waals surface area contributed by atoms with Crippen LogP contribution in [0.25, 0.3) is 0 Å². The van der Waals surface area contributed by atoms with Crippen LogP contribution in [-0.2, 0) is 4.74 Å². The van der Waals surface area contributed by atoms with E-state index in [0.29, 0.717) is 0 Å². The average Bonchev–Trinajstić information content (AvgIpc) is 2.16. The van der Waals surface area contributed by atoms with Gasteiger partial charge in [-0.3, -0.25) is 4.90 Å². The molecule has 2 nitrogen and oxygen atoms in total. The average molecular weight is 203 g/mol. The van der Waals surface area contributed by atoms with Crippen molar-refractivity contribution in [3.05, 3.63) is 12.2 Å². The van der Waals surface area contributed by atoms with E-state index in [9.17, 15) is 0 Å². The van der Waals surface area contributed by atoms with Crippen LogP contribution in [0, 0.1) is 0 Å². The Morgan fingerprint density at radius 3 is 2.62 bits per heavy atom. The monoisotopic (exact) mass is 203 g/mol. The first kappa shape index (κ1) is 13.0. The standard InChI is InChI=1S/C10H21NOS/c1-4-11(6-7-12-5-2)8-10(3)9-13/h13H,3-9H2,1-2H3. The molecule has 0 aliphatic heterocycles. The summed E-state index contributed by atoms with van der Waals surface area (Å²) in [6.45, 7) is 12.7. The summed E-state index contributed by atoms with van der Waals surface area (Å²) in [7, 11) is 0. The number of likely N-dealkylation sites (N-methyl/N-ethyl adjacent to an activating group) is 1. The second-order valence-corrected chi connectivity index (χ2v) is 3.29. The maximum atomic E-state index is 5.29. The van der Waals surface area contributed by atoms with Crippen molar-refractivity contribution in [2.24, 2.45) is 0 Å². The Bertz CT molecular complexity index is 139. The summed E-state index contributed by atoms with van der Waals surface area (Å²) in [4.78, 5) is 2.31. The molecule has 0 fully saturated rings. The molecule has 3 heteroatoms. The summed E-state index contributed by atoms with van der Waals surface area (Å²) in [5.74, 6) is 0.769. The Kier molecular flexibility index (Phi) is 8.61. The van der Waals surface area contributed by atoms with Crippen LogP contribution in [0.3, 0.4) is 0 Å². The largest absolute Gasteiger partial charge is 0.380 e. The van der Waals surface area contributed by atoms with Crippen molar-refractivity contribution in [2.75, 3.05) is 38.6 Å². The van der Waals surface area contributed by atoms with Gasteiger partial charge in [-0.25, -0.2) is 0 Å². The molecule has 0 aromatic carbocycles. The van der Waals surface area contributed by atoms with E-state index >= 15 is 0 Å². The molecule has 0 saturated carbocycles. The molecule has 0 amide bonds. The van der Waals surface area contributed by atoms with E-state index in [1.54, 1.807) is 0 Å². The van der Waals surface area contributed by atoms with Crippen molar-refractivity contribution in [3.8, 4) is 0 Å². The number of nitrogens with zero attached hydrogens (tertiary/aromatic N) is 1. The first-order valence-electron chi connectivity index (χ1n) is 4.82. The van der Waals surface area contributed by atoms with Crippen molar-refractivity contribution in [2.45, 2.75) is 13.8 Å². The van der Waals surface area contributed by atoms with Crippen LogP contribution >= 0.6 is 12.6 Å². The molecule has 0 unspecified atom stereocenters. The van der Waals surface area contributed by atoms with Gasteiger partial charge >= 0.3 is 0 Å². The molecule has 13 heavy (non-hydrogen) atoms. The molecular formula is C10H21NOS. The number of hydrogen-bond donors (Lipinski definition) is 1. The molecule has 0 heterocycles. The first-order valence-corrected chi connectivity index (χ1v) is 5.45. The van der Waals surface area contributed by atoms with Crippen LogP contribution in [0.5, 0.6) is 0 Å².